The highest BCUT2D eigenvalue weighted by Gasteiger charge is 2.32. The van der Waals surface area contributed by atoms with Crippen molar-refractivity contribution >= 4 is 6.09 Å². The molecule has 6 heteroatoms. The lowest BCUT2D eigenvalue weighted by Gasteiger charge is -2.22. The van der Waals surface area contributed by atoms with Gasteiger partial charge in [0.15, 0.2) is 0 Å². The first kappa shape index (κ1) is 15.4. The molecule has 1 aromatic carbocycles. The summed E-state index contributed by atoms with van der Waals surface area (Å²) in [5, 5.41) is 8.49. The van der Waals surface area contributed by atoms with Crippen molar-refractivity contribution in [2.24, 2.45) is 0 Å². The summed E-state index contributed by atoms with van der Waals surface area (Å²) in [6.45, 7) is -1.36. The lowest BCUT2D eigenvalue weighted by atomic mass is 10.2. The quantitative estimate of drug-likeness (QED) is 0.865. The van der Waals surface area contributed by atoms with Crippen LogP contribution in [0.4, 0.5) is 13.6 Å². The fraction of sp³-hybridized carbons (Fsp3) is 0.462. The van der Waals surface area contributed by atoms with Gasteiger partial charge < -0.3 is 14.7 Å². The van der Waals surface area contributed by atoms with Crippen LogP contribution >= 0.6 is 0 Å². The van der Waals surface area contributed by atoms with E-state index in [9.17, 15) is 13.6 Å². The molecule has 0 aliphatic rings. The average molecular weight is 273 g/mol. The zero-order chi connectivity index (χ0) is 14.3. The summed E-state index contributed by atoms with van der Waals surface area (Å²) in [6.07, 6.45) is -1.50. The van der Waals surface area contributed by atoms with Crippen molar-refractivity contribution in [2.45, 2.75) is 19.0 Å². The normalized spacial score (nSPS) is 11.2. The van der Waals surface area contributed by atoms with Gasteiger partial charge in [-0.1, -0.05) is 30.3 Å². The predicted molar refractivity (Wildman–Crippen MR) is 65.9 cm³/mol. The molecule has 19 heavy (non-hydrogen) atoms. The van der Waals surface area contributed by atoms with E-state index in [1.165, 1.54) is 7.05 Å². The minimum atomic E-state index is -3.12. The van der Waals surface area contributed by atoms with E-state index in [2.05, 4.69) is 0 Å². The van der Waals surface area contributed by atoms with Gasteiger partial charge in [-0.05, 0) is 5.56 Å². The monoisotopic (exact) mass is 273 g/mol. The van der Waals surface area contributed by atoms with Gasteiger partial charge in [-0.3, -0.25) is 0 Å². The Hall–Kier alpha value is -1.69. The number of hydrogen-bond donors (Lipinski definition) is 1. The van der Waals surface area contributed by atoms with E-state index < -0.39 is 31.6 Å². The second kappa shape index (κ2) is 7.04. The number of nitrogens with zero attached hydrogens (tertiary/aromatic N) is 1. The molecular formula is C13H17F2NO3. The summed E-state index contributed by atoms with van der Waals surface area (Å²) in [7, 11) is 1.23. The number of aliphatic hydroxyl groups excluding tert-OH is 1. The Kier molecular flexibility index (Phi) is 5.69. The van der Waals surface area contributed by atoms with E-state index in [4.69, 9.17) is 9.84 Å². The summed E-state index contributed by atoms with van der Waals surface area (Å²) >= 11 is 0. The molecule has 0 fully saturated rings. The molecule has 0 aliphatic heterocycles. The molecule has 1 amide bonds. The Labute approximate surface area is 110 Å². The molecule has 0 unspecified atom stereocenters. The van der Waals surface area contributed by atoms with Gasteiger partial charge in [-0.25, -0.2) is 13.6 Å². The van der Waals surface area contributed by atoms with Crippen molar-refractivity contribution in [3.05, 3.63) is 35.9 Å². The molecule has 1 N–H and O–H groups in total. The van der Waals surface area contributed by atoms with Gasteiger partial charge in [0.1, 0.15) is 6.61 Å². The fourth-order valence-corrected chi connectivity index (χ4v) is 1.48. The number of amides is 1. The number of carbonyl (C=O) groups excluding carboxylic acids is 1. The van der Waals surface area contributed by atoms with Crippen LogP contribution in [0.2, 0.25) is 0 Å². The zero-order valence-corrected chi connectivity index (χ0v) is 10.7. The molecule has 0 bridgehead atoms. The van der Waals surface area contributed by atoms with Crippen molar-refractivity contribution in [1.82, 2.24) is 4.90 Å². The van der Waals surface area contributed by atoms with Crippen LogP contribution in [0, 0.1) is 0 Å². The minimum Gasteiger partial charge on any atom is -0.445 e. The highest BCUT2D eigenvalue weighted by molar-refractivity contribution is 5.67. The van der Waals surface area contributed by atoms with E-state index in [1.54, 1.807) is 24.3 Å². The number of ether oxygens (including phenoxy) is 1. The largest absolute Gasteiger partial charge is 0.445 e. The van der Waals surface area contributed by atoms with Gasteiger partial charge in [-0.2, -0.15) is 0 Å². The molecule has 4 nitrogen and oxygen atoms in total. The second-order valence-electron chi connectivity index (χ2n) is 4.23. The lowest BCUT2D eigenvalue weighted by Crippen LogP contribution is -2.39. The van der Waals surface area contributed by atoms with Gasteiger partial charge in [0.05, 0.1) is 6.54 Å². The van der Waals surface area contributed by atoms with Crippen molar-refractivity contribution < 1.29 is 23.4 Å². The highest BCUT2D eigenvalue weighted by Crippen LogP contribution is 2.19. The molecule has 0 aromatic heterocycles. The van der Waals surface area contributed by atoms with Crippen LogP contribution in [-0.2, 0) is 11.3 Å². The Bertz CT molecular complexity index is 398. The van der Waals surface area contributed by atoms with Crippen LogP contribution in [0.1, 0.15) is 12.0 Å². The summed E-state index contributed by atoms with van der Waals surface area (Å²) in [5.41, 5.74) is 0.784. The number of alkyl halides is 2. The maximum atomic E-state index is 13.2. The molecule has 106 valence electrons. The van der Waals surface area contributed by atoms with Crippen molar-refractivity contribution in [3.8, 4) is 0 Å². The van der Waals surface area contributed by atoms with Gasteiger partial charge in [-0.15, -0.1) is 0 Å². The third-order valence-electron chi connectivity index (χ3n) is 2.46. The van der Waals surface area contributed by atoms with E-state index in [0.717, 1.165) is 10.5 Å². The first-order valence-electron chi connectivity index (χ1n) is 5.85. The van der Waals surface area contributed by atoms with Gasteiger partial charge in [0, 0.05) is 20.1 Å². The van der Waals surface area contributed by atoms with E-state index in [1.807, 2.05) is 6.07 Å². The molecule has 0 aliphatic carbocycles. The Morgan fingerprint density at radius 3 is 2.58 bits per heavy atom. The summed E-state index contributed by atoms with van der Waals surface area (Å²) in [6, 6.07) is 8.96. The van der Waals surface area contributed by atoms with Crippen LogP contribution in [-0.4, -0.2) is 42.2 Å². The zero-order valence-electron chi connectivity index (χ0n) is 10.7. The number of hydrogen-bond acceptors (Lipinski definition) is 3. The fourth-order valence-electron chi connectivity index (χ4n) is 1.48. The van der Waals surface area contributed by atoms with Crippen molar-refractivity contribution in [2.75, 3.05) is 20.2 Å². The SMILES string of the molecule is CN(CC(F)(F)CCO)C(=O)OCc1ccccc1. The first-order valence-corrected chi connectivity index (χ1v) is 5.85. The van der Waals surface area contributed by atoms with Crippen LogP contribution in [0.15, 0.2) is 30.3 Å². The van der Waals surface area contributed by atoms with E-state index in [0.29, 0.717) is 0 Å². The second-order valence-corrected chi connectivity index (χ2v) is 4.23. The van der Waals surface area contributed by atoms with Crippen LogP contribution < -0.4 is 0 Å². The van der Waals surface area contributed by atoms with Crippen molar-refractivity contribution in [3.63, 3.8) is 0 Å². The van der Waals surface area contributed by atoms with Crippen LogP contribution in [0.25, 0.3) is 0 Å². The highest BCUT2D eigenvalue weighted by atomic mass is 19.3. The Morgan fingerprint density at radius 1 is 1.37 bits per heavy atom. The molecule has 0 heterocycles. The first-order chi connectivity index (χ1) is 8.94. The molecule has 1 aromatic rings. The van der Waals surface area contributed by atoms with E-state index >= 15 is 0 Å². The standard InChI is InChI=1S/C13H17F2NO3/c1-16(10-13(14,15)7-8-17)12(18)19-9-11-5-3-2-4-6-11/h2-6,17H,7-10H2,1H3. The maximum absolute atomic E-state index is 13.2. The molecule has 1 rings (SSSR count). The average Bonchev–Trinajstić information content (AvgIpc) is 2.36. The topological polar surface area (TPSA) is 49.8 Å². The van der Waals surface area contributed by atoms with Crippen LogP contribution in [0.5, 0.6) is 0 Å². The molecule has 0 spiro atoms. The summed E-state index contributed by atoms with van der Waals surface area (Å²) in [5.74, 6) is -3.12. The van der Waals surface area contributed by atoms with Crippen LogP contribution in [0.3, 0.4) is 0 Å². The number of rotatable bonds is 6. The number of carbonyl (C=O) groups is 1. The Balaban J connectivity index is 2.41. The van der Waals surface area contributed by atoms with Crippen molar-refractivity contribution in [1.29, 1.82) is 0 Å². The maximum Gasteiger partial charge on any atom is 0.410 e. The smallest absolute Gasteiger partial charge is 0.410 e. The molecular weight excluding hydrogens is 256 g/mol. The predicted octanol–water partition coefficient (Wildman–Crippen LogP) is 2.27. The third-order valence-corrected chi connectivity index (χ3v) is 2.46. The summed E-state index contributed by atoms with van der Waals surface area (Å²) in [4.78, 5) is 12.3. The number of aliphatic hydroxyl groups is 1. The van der Waals surface area contributed by atoms with Gasteiger partial charge in [0.25, 0.3) is 5.92 Å². The Morgan fingerprint density at radius 2 is 2.00 bits per heavy atom. The van der Waals surface area contributed by atoms with Gasteiger partial charge in [0.2, 0.25) is 0 Å². The minimum absolute atomic E-state index is 0.0373. The van der Waals surface area contributed by atoms with E-state index in [-0.39, 0.29) is 6.61 Å². The third kappa shape index (κ3) is 5.65. The molecule has 0 atom stereocenters. The number of benzene rings is 1. The summed E-state index contributed by atoms with van der Waals surface area (Å²) < 4.78 is 31.3. The number of halogens is 2. The van der Waals surface area contributed by atoms with Gasteiger partial charge >= 0.3 is 6.09 Å². The molecule has 0 radical (unpaired) electrons. The lowest BCUT2D eigenvalue weighted by molar-refractivity contribution is -0.0437. The molecule has 0 saturated heterocycles. The molecule has 0 saturated carbocycles.